The maximum absolute atomic E-state index is 13.2. The van der Waals surface area contributed by atoms with Crippen LogP contribution in [0.1, 0.15) is 63.8 Å². The summed E-state index contributed by atoms with van der Waals surface area (Å²) in [6, 6.07) is 19.5. The molecular formula is C28H34N2O3S. The Labute approximate surface area is 203 Å². The highest BCUT2D eigenvalue weighted by molar-refractivity contribution is 7.90. The first-order chi connectivity index (χ1) is 15.7. The first-order valence-corrected chi connectivity index (χ1v) is 12.7. The van der Waals surface area contributed by atoms with Crippen molar-refractivity contribution in [3.05, 3.63) is 89.0 Å². The molecule has 0 amide bonds. The van der Waals surface area contributed by atoms with Crippen molar-refractivity contribution in [3.63, 3.8) is 0 Å². The number of aromatic hydroxyl groups is 1. The number of anilines is 1. The van der Waals surface area contributed by atoms with Crippen LogP contribution in [0, 0.1) is 6.92 Å². The predicted molar refractivity (Wildman–Crippen MR) is 140 cm³/mol. The van der Waals surface area contributed by atoms with Gasteiger partial charge >= 0.3 is 0 Å². The second-order valence-electron chi connectivity index (χ2n) is 10.6. The Hall–Kier alpha value is -3.12. The molecule has 34 heavy (non-hydrogen) atoms. The van der Waals surface area contributed by atoms with Crippen molar-refractivity contribution in [2.45, 2.75) is 64.2 Å². The minimum atomic E-state index is -3.95. The van der Waals surface area contributed by atoms with E-state index in [0.29, 0.717) is 11.3 Å². The Morgan fingerprint density at radius 3 is 1.79 bits per heavy atom. The lowest BCUT2D eigenvalue weighted by atomic mass is 9.79. The van der Waals surface area contributed by atoms with Crippen molar-refractivity contribution in [2.24, 2.45) is 4.40 Å². The van der Waals surface area contributed by atoms with Crippen LogP contribution in [0.25, 0.3) is 0 Å². The molecule has 0 aliphatic carbocycles. The lowest BCUT2D eigenvalue weighted by Gasteiger charge is -2.28. The van der Waals surface area contributed by atoms with Crippen molar-refractivity contribution >= 4 is 21.5 Å². The Balaban J connectivity index is 2.18. The summed E-state index contributed by atoms with van der Waals surface area (Å²) >= 11 is 0. The maximum atomic E-state index is 13.2. The molecule has 0 heterocycles. The topological polar surface area (TPSA) is 78.8 Å². The molecule has 0 saturated heterocycles. The minimum absolute atomic E-state index is 0.129. The number of hydrogen-bond acceptors (Lipinski definition) is 3. The summed E-state index contributed by atoms with van der Waals surface area (Å²) in [5, 5.41) is 14.3. The molecule has 3 rings (SSSR count). The molecule has 0 aliphatic rings. The summed E-state index contributed by atoms with van der Waals surface area (Å²) in [6.07, 6.45) is 0. The van der Waals surface area contributed by atoms with Gasteiger partial charge in [0.05, 0.1) is 4.90 Å². The molecule has 0 bridgehead atoms. The molecule has 180 valence electrons. The molecule has 6 heteroatoms. The van der Waals surface area contributed by atoms with E-state index in [9.17, 15) is 13.5 Å². The molecule has 0 radical (unpaired) electrons. The molecule has 0 aliphatic heterocycles. The lowest BCUT2D eigenvalue weighted by molar-refractivity contribution is 0.423. The molecular weight excluding hydrogens is 444 g/mol. The SMILES string of the molecule is Cc1ccc(S(=O)(=O)/N=C(/Nc2cc(C(C)(C)C)c(O)c(C(C)(C)C)c2)c2ccccc2)cc1. The van der Waals surface area contributed by atoms with Gasteiger partial charge in [-0.25, -0.2) is 0 Å². The van der Waals surface area contributed by atoms with Gasteiger partial charge in [-0.3, -0.25) is 0 Å². The Bertz CT molecular complexity index is 1260. The number of nitrogens with one attached hydrogen (secondary N) is 1. The highest BCUT2D eigenvalue weighted by atomic mass is 32.2. The second-order valence-corrected chi connectivity index (χ2v) is 12.2. The Kier molecular flexibility index (Phi) is 6.94. The average Bonchev–Trinajstić information content (AvgIpc) is 2.73. The van der Waals surface area contributed by atoms with Crippen LogP contribution < -0.4 is 5.32 Å². The van der Waals surface area contributed by atoms with E-state index in [1.165, 1.54) is 0 Å². The van der Waals surface area contributed by atoms with E-state index < -0.39 is 10.0 Å². The number of hydrogen-bond donors (Lipinski definition) is 2. The average molecular weight is 479 g/mol. The number of nitrogens with zero attached hydrogens (tertiary/aromatic N) is 1. The zero-order valence-electron chi connectivity index (χ0n) is 21.0. The van der Waals surface area contributed by atoms with Crippen LogP contribution in [0.4, 0.5) is 5.69 Å². The van der Waals surface area contributed by atoms with Gasteiger partial charge in [-0.2, -0.15) is 8.42 Å². The Morgan fingerprint density at radius 2 is 1.32 bits per heavy atom. The van der Waals surface area contributed by atoms with E-state index in [0.717, 1.165) is 16.7 Å². The fourth-order valence-corrected chi connectivity index (χ4v) is 4.59. The van der Waals surface area contributed by atoms with E-state index in [4.69, 9.17) is 0 Å². The summed E-state index contributed by atoms with van der Waals surface area (Å²) in [4.78, 5) is 0.129. The van der Waals surface area contributed by atoms with Gasteiger partial charge in [0, 0.05) is 22.4 Å². The second kappa shape index (κ2) is 9.26. The van der Waals surface area contributed by atoms with Crippen LogP contribution >= 0.6 is 0 Å². The fourth-order valence-electron chi connectivity index (χ4n) is 3.61. The molecule has 0 aromatic heterocycles. The molecule has 0 unspecified atom stereocenters. The fraction of sp³-hybridized carbons (Fsp3) is 0.321. The van der Waals surface area contributed by atoms with E-state index in [2.05, 4.69) is 9.71 Å². The van der Waals surface area contributed by atoms with Gasteiger partial charge in [0.15, 0.2) is 5.84 Å². The van der Waals surface area contributed by atoms with Crippen molar-refractivity contribution in [3.8, 4) is 5.75 Å². The molecule has 0 atom stereocenters. The highest BCUT2D eigenvalue weighted by Gasteiger charge is 2.27. The van der Waals surface area contributed by atoms with Crippen molar-refractivity contribution in [1.29, 1.82) is 0 Å². The minimum Gasteiger partial charge on any atom is -0.507 e. The number of amidine groups is 1. The van der Waals surface area contributed by atoms with Crippen LogP contribution in [-0.4, -0.2) is 19.4 Å². The standard InChI is InChI=1S/C28H34N2O3S/c1-19-13-15-22(16-14-19)34(32,33)30-26(20-11-9-8-10-12-20)29-21-17-23(27(2,3)4)25(31)24(18-21)28(5,6)7/h8-18,31H,1-7H3,(H,29,30). The number of phenolic OH excluding ortho intramolecular Hbond substituents is 1. The number of aryl methyl sites for hydroxylation is 1. The Morgan fingerprint density at radius 1 is 0.824 bits per heavy atom. The molecule has 0 saturated carbocycles. The van der Waals surface area contributed by atoms with Gasteiger partial charge in [-0.1, -0.05) is 89.6 Å². The van der Waals surface area contributed by atoms with Crippen LogP contribution in [0.5, 0.6) is 5.75 Å². The third kappa shape index (κ3) is 5.86. The number of rotatable bonds is 4. The predicted octanol–water partition coefficient (Wildman–Crippen LogP) is 6.54. The van der Waals surface area contributed by atoms with Crippen molar-refractivity contribution < 1.29 is 13.5 Å². The first-order valence-electron chi connectivity index (χ1n) is 11.3. The van der Waals surface area contributed by atoms with Gasteiger partial charge in [0.25, 0.3) is 10.0 Å². The van der Waals surface area contributed by atoms with E-state index >= 15 is 0 Å². The molecule has 2 N–H and O–H groups in total. The number of sulfonamides is 1. The van der Waals surface area contributed by atoms with Gasteiger partial charge < -0.3 is 10.4 Å². The quantitative estimate of drug-likeness (QED) is 0.253. The monoisotopic (exact) mass is 478 g/mol. The molecule has 0 fully saturated rings. The molecule has 3 aromatic rings. The summed E-state index contributed by atoms with van der Waals surface area (Å²) < 4.78 is 30.5. The first kappa shape index (κ1) is 25.5. The maximum Gasteiger partial charge on any atom is 0.284 e. The van der Waals surface area contributed by atoms with Crippen LogP contribution in [0.2, 0.25) is 0 Å². The summed E-state index contributed by atoms with van der Waals surface area (Å²) in [5.41, 5.74) is 3.18. The summed E-state index contributed by atoms with van der Waals surface area (Å²) in [7, 11) is -3.95. The summed E-state index contributed by atoms with van der Waals surface area (Å²) in [5.74, 6) is 0.475. The van der Waals surface area contributed by atoms with E-state index in [-0.39, 0.29) is 27.3 Å². The molecule has 0 spiro atoms. The highest BCUT2D eigenvalue weighted by Crippen LogP contribution is 2.41. The van der Waals surface area contributed by atoms with Crippen LogP contribution in [0.15, 0.2) is 76.0 Å². The van der Waals surface area contributed by atoms with Gasteiger partial charge in [-0.05, 0) is 42.0 Å². The van der Waals surface area contributed by atoms with E-state index in [1.807, 2.05) is 90.9 Å². The van der Waals surface area contributed by atoms with Gasteiger partial charge in [0.2, 0.25) is 0 Å². The number of benzene rings is 3. The normalized spacial score (nSPS) is 13.1. The zero-order chi connectivity index (χ0) is 25.3. The lowest BCUT2D eigenvalue weighted by Crippen LogP contribution is -2.20. The zero-order valence-corrected chi connectivity index (χ0v) is 21.8. The molecule has 3 aromatic carbocycles. The van der Waals surface area contributed by atoms with E-state index in [1.54, 1.807) is 24.3 Å². The molecule has 5 nitrogen and oxygen atoms in total. The third-order valence-corrected chi connectivity index (χ3v) is 6.86. The van der Waals surface area contributed by atoms with Crippen LogP contribution in [-0.2, 0) is 20.9 Å². The smallest absolute Gasteiger partial charge is 0.284 e. The summed E-state index contributed by atoms with van der Waals surface area (Å²) in [6.45, 7) is 14.1. The van der Waals surface area contributed by atoms with Crippen molar-refractivity contribution in [1.82, 2.24) is 0 Å². The van der Waals surface area contributed by atoms with Crippen LogP contribution in [0.3, 0.4) is 0 Å². The third-order valence-electron chi connectivity index (χ3n) is 5.57. The number of phenols is 1. The largest absolute Gasteiger partial charge is 0.507 e. The van der Waals surface area contributed by atoms with Gasteiger partial charge in [-0.15, -0.1) is 4.40 Å². The van der Waals surface area contributed by atoms with Crippen molar-refractivity contribution in [2.75, 3.05) is 5.32 Å². The van der Waals surface area contributed by atoms with Gasteiger partial charge in [0.1, 0.15) is 5.75 Å².